The number of halogens is 3. The molecule has 0 aliphatic rings. The normalized spacial score (nSPS) is 13.0. The van der Waals surface area contributed by atoms with Gasteiger partial charge in [0.2, 0.25) is 0 Å². The highest BCUT2D eigenvalue weighted by molar-refractivity contribution is 6.30. The van der Waals surface area contributed by atoms with E-state index < -0.39 is 16.7 Å². The maximum atomic E-state index is 12.9. The summed E-state index contributed by atoms with van der Waals surface area (Å²) >= 11 is 5.30. The first-order chi connectivity index (χ1) is 6.00. The van der Waals surface area contributed by atoms with Crippen LogP contribution < -0.4 is 5.73 Å². The van der Waals surface area contributed by atoms with Crippen molar-refractivity contribution < 1.29 is 8.78 Å². The fraction of sp³-hybridized carbons (Fsp3) is 0.333. The molecule has 0 fully saturated rings. The third-order valence-corrected chi connectivity index (χ3v) is 1.96. The zero-order valence-corrected chi connectivity index (χ0v) is 7.91. The molecule has 1 nitrogen and oxygen atoms in total. The van der Waals surface area contributed by atoms with Crippen LogP contribution in [0.25, 0.3) is 0 Å². The Morgan fingerprint density at radius 3 is 2.23 bits per heavy atom. The van der Waals surface area contributed by atoms with Crippen molar-refractivity contribution in [3.05, 3.63) is 34.4 Å². The van der Waals surface area contributed by atoms with Crippen molar-refractivity contribution in [3.8, 4) is 0 Å². The number of benzene rings is 1. The highest BCUT2D eigenvalue weighted by atomic mass is 35.5. The third kappa shape index (κ3) is 2.64. The minimum absolute atomic E-state index is 0.125. The molecule has 72 valence electrons. The van der Waals surface area contributed by atoms with Crippen LogP contribution in [0, 0.1) is 11.6 Å². The molecule has 0 radical (unpaired) electrons. The van der Waals surface area contributed by atoms with Gasteiger partial charge in [0, 0.05) is 6.04 Å². The molecule has 1 unspecified atom stereocenters. The van der Waals surface area contributed by atoms with Crippen LogP contribution >= 0.6 is 11.6 Å². The van der Waals surface area contributed by atoms with Crippen LogP contribution in [0.3, 0.4) is 0 Å². The Kier molecular flexibility index (Phi) is 3.22. The van der Waals surface area contributed by atoms with Gasteiger partial charge in [0.05, 0.1) is 0 Å². The van der Waals surface area contributed by atoms with Crippen molar-refractivity contribution in [1.82, 2.24) is 0 Å². The Hall–Kier alpha value is -0.670. The van der Waals surface area contributed by atoms with Crippen LogP contribution in [-0.2, 0) is 6.42 Å². The van der Waals surface area contributed by atoms with Crippen LogP contribution in [-0.4, -0.2) is 6.04 Å². The second-order valence-electron chi connectivity index (χ2n) is 3.05. The predicted octanol–water partition coefficient (Wildman–Crippen LogP) is 2.51. The van der Waals surface area contributed by atoms with E-state index in [9.17, 15) is 8.78 Å². The van der Waals surface area contributed by atoms with Crippen LogP contribution in [0.1, 0.15) is 12.5 Å². The molecule has 0 amide bonds. The predicted molar refractivity (Wildman–Crippen MR) is 48.7 cm³/mol. The summed E-state index contributed by atoms with van der Waals surface area (Å²) in [7, 11) is 0. The number of hydrogen-bond acceptors (Lipinski definition) is 1. The molecule has 0 saturated carbocycles. The standard InChI is InChI=1S/C9H10ClF2N/c1-5(13)2-6-3-7(11)9(10)8(12)4-6/h3-5H,2,13H2,1H3. The summed E-state index contributed by atoms with van der Waals surface area (Å²) in [4.78, 5) is 0. The lowest BCUT2D eigenvalue weighted by atomic mass is 10.1. The second kappa shape index (κ2) is 4.03. The summed E-state index contributed by atoms with van der Waals surface area (Å²) in [6.07, 6.45) is 0.436. The molecule has 1 atom stereocenters. The minimum atomic E-state index is -0.739. The van der Waals surface area contributed by atoms with Gasteiger partial charge in [0.25, 0.3) is 0 Å². The Morgan fingerprint density at radius 1 is 1.38 bits per heavy atom. The second-order valence-corrected chi connectivity index (χ2v) is 3.43. The summed E-state index contributed by atoms with van der Waals surface area (Å²) in [6.45, 7) is 1.77. The number of nitrogens with two attached hydrogens (primary N) is 1. The zero-order valence-electron chi connectivity index (χ0n) is 7.15. The van der Waals surface area contributed by atoms with Crippen LogP contribution in [0.4, 0.5) is 8.78 Å². The van der Waals surface area contributed by atoms with Gasteiger partial charge in [-0.2, -0.15) is 0 Å². The third-order valence-electron chi connectivity index (χ3n) is 1.60. The Balaban J connectivity index is 2.99. The van der Waals surface area contributed by atoms with Gasteiger partial charge in [0.1, 0.15) is 16.7 Å². The molecule has 1 rings (SSSR count). The molecule has 0 heterocycles. The van der Waals surface area contributed by atoms with E-state index in [-0.39, 0.29) is 6.04 Å². The first kappa shape index (κ1) is 10.4. The molecular formula is C9H10ClF2N. The van der Waals surface area contributed by atoms with Crippen molar-refractivity contribution >= 4 is 11.6 Å². The van der Waals surface area contributed by atoms with Crippen LogP contribution in [0.2, 0.25) is 5.02 Å². The van der Waals surface area contributed by atoms with Gasteiger partial charge >= 0.3 is 0 Å². The Morgan fingerprint density at radius 2 is 1.85 bits per heavy atom. The molecule has 2 N–H and O–H groups in total. The molecule has 1 aromatic rings. The van der Waals surface area contributed by atoms with Crippen molar-refractivity contribution in [1.29, 1.82) is 0 Å². The van der Waals surface area contributed by atoms with E-state index in [1.165, 1.54) is 12.1 Å². The van der Waals surface area contributed by atoms with E-state index in [4.69, 9.17) is 17.3 Å². The molecule has 0 saturated heterocycles. The molecule has 4 heteroatoms. The van der Waals surface area contributed by atoms with E-state index >= 15 is 0 Å². The molecule has 0 aliphatic carbocycles. The van der Waals surface area contributed by atoms with Gasteiger partial charge in [-0.1, -0.05) is 11.6 Å². The van der Waals surface area contributed by atoms with Gasteiger partial charge in [-0.05, 0) is 31.0 Å². The van der Waals surface area contributed by atoms with Gasteiger partial charge < -0.3 is 5.73 Å². The first-order valence-electron chi connectivity index (χ1n) is 3.89. The van der Waals surface area contributed by atoms with Crippen molar-refractivity contribution in [3.63, 3.8) is 0 Å². The van der Waals surface area contributed by atoms with Crippen molar-refractivity contribution in [2.45, 2.75) is 19.4 Å². The summed E-state index contributed by atoms with van der Waals surface area (Å²) < 4.78 is 25.8. The quantitative estimate of drug-likeness (QED) is 0.738. The highest BCUT2D eigenvalue weighted by Crippen LogP contribution is 2.20. The van der Waals surface area contributed by atoms with E-state index in [2.05, 4.69) is 0 Å². The summed E-state index contributed by atoms with van der Waals surface area (Å²) in [5.41, 5.74) is 6.01. The Bertz CT molecular complexity index is 289. The van der Waals surface area contributed by atoms with E-state index in [1.807, 2.05) is 0 Å². The average molecular weight is 206 g/mol. The van der Waals surface area contributed by atoms with Crippen LogP contribution in [0.15, 0.2) is 12.1 Å². The summed E-state index contributed by atoms with van der Waals surface area (Å²) in [6, 6.07) is 2.28. The van der Waals surface area contributed by atoms with Gasteiger partial charge in [-0.15, -0.1) is 0 Å². The van der Waals surface area contributed by atoms with Crippen molar-refractivity contribution in [2.24, 2.45) is 5.73 Å². The maximum Gasteiger partial charge on any atom is 0.145 e. The van der Waals surface area contributed by atoms with Gasteiger partial charge in [0.15, 0.2) is 0 Å². The topological polar surface area (TPSA) is 26.0 Å². The molecule has 0 spiro atoms. The zero-order chi connectivity index (χ0) is 10.0. The average Bonchev–Trinajstić information content (AvgIpc) is 1.98. The maximum absolute atomic E-state index is 12.9. The number of rotatable bonds is 2. The Labute approximate surface area is 80.5 Å². The van der Waals surface area contributed by atoms with Crippen LogP contribution in [0.5, 0.6) is 0 Å². The fourth-order valence-electron chi connectivity index (χ4n) is 1.10. The summed E-state index contributed by atoms with van der Waals surface area (Å²) in [5, 5.41) is -0.464. The smallest absolute Gasteiger partial charge is 0.145 e. The molecule has 0 aromatic heterocycles. The molecule has 13 heavy (non-hydrogen) atoms. The monoisotopic (exact) mass is 205 g/mol. The SMILES string of the molecule is CC(N)Cc1cc(F)c(Cl)c(F)c1. The van der Waals surface area contributed by atoms with E-state index in [1.54, 1.807) is 6.92 Å². The van der Waals surface area contributed by atoms with E-state index in [0.29, 0.717) is 12.0 Å². The van der Waals surface area contributed by atoms with E-state index in [0.717, 1.165) is 0 Å². The molecule has 1 aromatic carbocycles. The molecule has 0 bridgehead atoms. The largest absolute Gasteiger partial charge is 0.328 e. The van der Waals surface area contributed by atoms with Gasteiger partial charge in [-0.25, -0.2) is 8.78 Å². The summed E-state index contributed by atoms with van der Waals surface area (Å²) in [5.74, 6) is -1.48. The highest BCUT2D eigenvalue weighted by Gasteiger charge is 2.09. The minimum Gasteiger partial charge on any atom is -0.328 e. The fourth-order valence-corrected chi connectivity index (χ4v) is 1.21. The lowest BCUT2D eigenvalue weighted by molar-refractivity contribution is 0.578. The first-order valence-corrected chi connectivity index (χ1v) is 4.27. The van der Waals surface area contributed by atoms with Gasteiger partial charge in [-0.3, -0.25) is 0 Å². The molecule has 0 aliphatic heterocycles. The van der Waals surface area contributed by atoms with Crippen molar-refractivity contribution in [2.75, 3.05) is 0 Å². The lowest BCUT2D eigenvalue weighted by Gasteiger charge is -2.06. The number of hydrogen-bond donors (Lipinski definition) is 1. The molecular weight excluding hydrogens is 196 g/mol. The lowest BCUT2D eigenvalue weighted by Crippen LogP contribution is -2.17.